The van der Waals surface area contributed by atoms with Crippen molar-refractivity contribution in [1.82, 2.24) is 0 Å². The Kier molecular flexibility index (Phi) is 11.6. The summed E-state index contributed by atoms with van der Waals surface area (Å²) in [5, 5.41) is 0. The van der Waals surface area contributed by atoms with Gasteiger partial charge in [-0.2, -0.15) is 0 Å². The van der Waals surface area contributed by atoms with Crippen LogP contribution in [-0.4, -0.2) is 8.29 Å². The van der Waals surface area contributed by atoms with Crippen LogP contribution in [0.4, 0.5) is 45.5 Å². The van der Waals surface area contributed by atoms with Gasteiger partial charge in [0.05, 0.1) is 0 Å². The van der Waals surface area contributed by atoms with Gasteiger partial charge in [0, 0.05) is 0 Å². The molecule has 402 valence electrons. The van der Waals surface area contributed by atoms with Crippen LogP contribution in [0.3, 0.4) is 0 Å². The normalized spacial score (nSPS) is 14.2. The summed E-state index contributed by atoms with van der Waals surface area (Å²) in [5.41, 5.74) is 27.5. The Morgan fingerprint density at radius 1 is 0.274 bits per heavy atom. The first-order chi connectivity index (χ1) is 41.6. The van der Waals surface area contributed by atoms with E-state index < -0.39 is 17.6 Å². The van der Waals surface area contributed by atoms with E-state index in [0.29, 0.717) is 11.5 Å². The Bertz CT molecular complexity index is 4230. The molecule has 0 radical (unpaired) electrons. The number of aryl methyl sites for hydroxylation is 4. The predicted molar refractivity (Wildman–Crippen MR) is 342 cm³/mol. The topological polar surface area (TPSA) is 22.2 Å². The van der Waals surface area contributed by atoms with Gasteiger partial charge in [-0.3, -0.25) is 0 Å². The molecule has 0 spiro atoms. The Morgan fingerprint density at radius 2 is 0.583 bits per heavy atom. The molecule has 0 amide bonds. The van der Waals surface area contributed by atoms with E-state index in [-0.39, 0.29) is 0 Å². The second-order valence-corrected chi connectivity index (χ2v) is 24.7. The van der Waals surface area contributed by atoms with Gasteiger partial charge >= 0.3 is 501 Å². The van der Waals surface area contributed by atoms with Crippen molar-refractivity contribution in [3.63, 3.8) is 0 Å². The van der Waals surface area contributed by atoms with Crippen LogP contribution >= 0.6 is 0 Å². The zero-order valence-electron chi connectivity index (χ0n) is 45.7. The van der Waals surface area contributed by atoms with Crippen molar-refractivity contribution < 1.29 is 22.4 Å². The molecule has 0 aromatic heterocycles. The fraction of sp³-hybridized carbons (Fsp3) is 0.0513. The third-order valence-electron chi connectivity index (χ3n) is 17.1. The van der Waals surface area contributed by atoms with Gasteiger partial charge < -0.3 is 0 Å². The molecule has 12 aromatic carbocycles. The van der Waals surface area contributed by atoms with Crippen molar-refractivity contribution in [2.75, 3.05) is 19.6 Å². The number of anilines is 8. The first kappa shape index (κ1) is 48.7. The molecule has 0 saturated carbocycles. The van der Waals surface area contributed by atoms with Gasteiger partial charge in [-0.1, -0.05) is 0 Å². The fourth-order valence-electron chi connectivity index (χ4n) is 12.9. The van der Waals surface area contributed by atoms with Crippen LogP contribution in [0.5, 0.6) is 11.5 Å². The Hall–Kier alpha value is -9.93. The number of ether oxygens (including phenoxy) is 1. The van der Waals surface area contributed by atoms with Crippen LogP contribution in [-0.2, 0) is 43.3 Å². The average molecular weight is 1260 g/mol. The summed E-state index contributed by atoms with van der Waals surface area (Å²) < 4.78 is 9.19. The van der Waals surface area contributed by atoms with Gasteiger partial charge in [-0.05, 0) is 0 Å². The molecule has 12 aromatic rings. The molecule has 21 rings (SSSR count). The van der Waals surface area contributed by atoms with E-state index in [9.17, 15) is 0 Å². The van der Waals surface area contributed by atoms with Gasteiger partial charge in [-0.15, -0.1) is 0 Å². The summed E-state index contributed by atoms with van der Waals surface area (Å²) in [6.45, 7) is 0. The van der Waals surface area contributed by atoms with Gasteiger partial charge in [0.15, 0.2) is 0 Å². The van der Waals surface area contributed by atoms with E-state index in [1.54, 1.807) is 0 Å². The molecule has 84 heavy (non-hydrogen) atoms. The monoisotopic (exact) mass is 1260 g/mol. The number of hydrogen-bond donors (Lipinski definition) is 0. The number of hydrogen-bond acceptors (Lipinski definition) is 5. The van der Waals surface area contributed by atoms with E-state index in [2.05, 4.69) is 287 Å². The van der Waals surface area contributed by atoms with Crippen LogP contribution < -0.4 is 24.3 Å². The number of fused-ring (bicyclic) bond motifs is 14. The molecule has 5 nitrogen and oxygen atoms in total. The Morgan fingerprint density at radius 3 is 0.917 bits per heavy atom. The second-order valence-electron chi connectivity index (χ2n) is 22.1. The third kappa shape index (κ3) is 8.25. The van der Waals surface area contributed by atoms with Gasteiger partial charge in [0.1, 0.15) is 0 Å². The van der Waals surface area contributed by atoms with Crippen LogP contribution in [0.15, 0.2) is 267 Å². The number of nitrogens with zero attached hydrogens (tertiary/aromatic N) is 4. The van der Waals surface area contributed by atoms with Crippen molar-refractivity contribution >= 4 is 53.8 Å². The summed E-state index contributed by atoms with van der Waals surface area (Å²) in [5.74, 6) is 1.24. The van der Waals surface area contributed by atoms with Gasteiger partial charge in [0.25, 0.3) is 0 Å². The number of para-hydroxylation sites is 4. The summed E-state index contributed by atoms with van der Waals surface area (Å²) in [6, 6.07) is 108. The Balaban J connectivity index is 1.10. The summed E-state index contributed by atoms with van der Waals surface area (Å²) in [6.07, 6.45) is 3.65. The fourth-order valence-corrected chi connectivity index (χ4v) is 16.5. The van der Waals surface area contributed by atoms with Crippen molar-refractivity contribution in [1.29, 1.82) is 0 Å². The average Bonchev–Trinajstić information content (AvgIpc) is 2.91. The summed E-state index contributed by atoms with van der Waals surface area (Å²) >= 11 is -1.33. The van der Waals surface area contributed by atoms with E-state index in [1.807, 2.05) is 12.1 Å². The zero-order valence-corrected chi connectivity index (χ0v) is 48.0. The standard InChI is InChI=1S/C78H52N4O.Pt/c1-3-13-57(14-4-1)63-45-69-59-37-29-53(30-38-59)25-27-55-33-41-61(42-34-55)71-47-64(58-15-5-2-6-16-58)48-72-62-43-35-56(36-44-62)28-26-54-31-39-60(40-32-54)70(46-63)77(69)81-51-79(73-21-7-9-23-75(73)81)65-17-11-19-67(49-65)83-68-20-12-18-66(50-68)80-52-82(78(71)72)76-24-10-8-22-74(76)80;/h1-24,29-48H,25-28H2;/q-2;. The zero-order chi connectivity index (χ0) is 55.2. The minimum absolute atomic E-state index is 0.621. The quantitative estimate of drug-likeness (QED) is 0.160. The summed E-state index contributed by atoms with van der Waals surface area (Å²) in [7, 11) is 0. The predicted octanol–water partition coefficient (Wildman–Crippen LogP) is 19.1. The number of benzene rings is 12. The molecular weight excluding hydrogens is 1200 g/mol. The van der Waals surface area contributed by atoms with Crippen LogP contribution in [0.2, 0.25) is 0 Å². The van der Waals surface area contributed by atoms with E-state index in [0.717, 1.165) is 135 Å². The van der Waals surface area contributed by atoms with Crippen molar-refractivity contribution in [2.24, 2.45) is 0 Å². The molecule has 0 aliphatic carbocycles. The van der Waals surface area contributed by atoms with E-state index >= 15 is 0 Å². The molecule has 0 saturated heterocycles. The minimum atomic E-state index is -1.33. The van der Waals surface area contributed by atoms with Crippen LogP contribution in [0.1, 0.15) is 22.3 Å². The first-order valence-corrected chi connectivity index (χ1v) is 31.2. The maximum atomic E-state index is 6.89. The van der Waals surface area contributed by atoms with Gasteiger partial charge in [0.2, 0.25) is 0 Å². The molecule has 0 fully saturated rings. The summed E-state index contributed by atoms with van der Waals surface area (Å²) in [4.78, 5) is 10.3. The third-order valence-corrected chi connectivity index (χ3v) is 20.2. The number of rotatable bonds is 2. The molecule has 0 N–H and O–H groups in total. The van der Waals surface area contributed by atoms with Crippen LogP contribution in [0, 0.1) is 12.1 Å². The molecule has 6 heteroatoms. The molecular formula is C78H52N4OPt-2. The molecule has 0 unspecified atom stereocenters. The van der Waals surface area contributed by atoms with Crippen molar-refractivity contribution in [2.45, 2.75) is 25.7 Å². The molecule has 9 heterocycles. The first-order valence-electron chi connectivity index (χ1n) is 28.9. The molecule has 0 atom stereocenters. The molecule has 16 bridgehead atoms. The van der Waals surface area contributed by atoms with Crippen molar-refractivity contribution in [3.8, 4) is 78.3 Å². The molecule has 9 aliphatic heterocycles. The molecule has 9 aliphatic rings. The van der Waals surface area contributed by atoms with Crippen molar-refractivity contribution in [3.05, 3.63) is 301 Å². The van der Waals surface area contributed by atoms with E-state index in [4.69, 9.17) is 4.74 Å². The van der Waals surface area contributed by atoms with Gasteiger partial charge in [-0.25, -0.2) is 0 Å². The Labute approximate surface area is 497 Å². The SMILES string of the molecule is [c-]1c2cccc1N1[C]3=[Pt]=[C]4N(c5[c-]c(ccc5)O2)c2ccccc2N4c2c4cc(-c5ccccc5)cc2-c2ccc(cc2)CCc2ccc(cc2)-c2cc(-c5ccccc5)cc(c2N3c2ccccc21)-c1ccc(cc1)CCc1ccc-4cc1. The van der Waals surface area contributed by atoms with E-state index in [1.165, 1.54) is 33.4 Å². The maximum absolute atomic E-state index is 6.89. The van der Waals surface area contributed by atoms with Crippen LogP contribution in [0.25, 0.3) is 66.8 Å². The second kappa shape index (κ2) is 19.9.